The number of rotatable bonds is 11. The van der Waals surface area contributed by atoms with Crippen LogP contribution in [0.15, 0.2) is 60.7 Å². The minimum absolute atomic E-state index is 0.00567. The molecule has 2 heterocycles. The number of carbonyl (C=O) groups excluding carboxylic acids is 3. The van der Waals surface area contributed by atoms with Gasteiger partial charge in [0.1, 0.15) is 12.1 Å². The summed E-state index contributed by atoms with van der Waals surface area (Å²) in [5, 5.41) is 18.7. The molecule has 0 aromatic heterocycles. The summed E-state index contributed by atoms with van der Waals surface area (Å²) in [6.45, 7) is 1.14. The molecule has 2 aromatic carbocycles. The van der Waals surface area contributed by atoms with Crippen molar-refractivity contribution < 1.29 is 24.3 Å². The number of amides is 3. The Balaban J connectivity index is 1.48. The highest BCUT2D eigenvalue weighted by Gasteiger charge is 2.38. The summed E-state index contributed by atoms with van der Waals surface area (Å²) < 4.78 is 0. The zero-order chi connectivity index (χ0) is 26.9. The quantitative estimate of drug-likeness (QED) is 0.357. The second-order valence-corrected chi connectivity index (χ2v) is 10.1. The van der Waals surface area contributed by atoms with Crippen molar-refractivity contribution in [3.63, 3.8) is 0 Å². The normalized spacial score (nSPS) is 20.5. The molecule has 4 unspecified atom stereocenters. The average molecular weight is 521 g/mol. The van der Waals surface area contributed by atoms with Crippen molar-refractivity contribution in [1.29, 1.82) is 0 Å². The molecule has 2 aliphatic heterocycles. The molecular formula is C29H36N4O5. The number of nitrogens with one attached hydrogen (secondary N) is 3. The van der Waals surface area contributed by atoms with Gasteiger partial charge in [-0.15, -0.1) is 0 Å². The van der Waals surface area contributed by atoms with Crippen LogP contribution in [0, 0.1) is 0 Å². The summed E-state index contributed by atoms with van der Waals surface area (Å²) in [7, 11) is 0. The Morgan fingerprint density at radius 2 is 1.55 bits per heavy atom. The third kappa shape index (κ3) is 7.41. The van der Waals surface area contributed by atoms with Crippen LogP contribution in [0.5, 0.6) is 0 Å². The molecule has 0 saturated carbocycles. The van der Waals surface area contributed by atoms with Crippen LogP contribution in [0.2, 0.25) is 0 Å². The summed E-state index contributed by atoms with van der Waals surface area (Å²) in [6, 6.07) is 16.4. The number of hydrogen-bond donors (Lipinski definition) is 4. The Labute approximate surface area is 223 Å². The molecule has 2 aromatic rings. The predicted molar refractivity (Wildman–Crippen MR) is 142 cm³/mol. The van der Waals surface area contributed by atoms with E-state index < -0.39 is 30.0 Å². The number of carboxylic acid groups (broad SMARTS) is 1. The number of carbonyl (C=O) groups is 4. The fourth-order valence-corrected chi connectivity index (χ4v) is 5.30. The maximum atomic E-state index is 13.5. The highest BCUT2D eigenvalue weighted by atomic mass is 16.4. The number of nitrogens with zero attached hydrogens (tertiary/aromatic N) is 1. The highest BCUT2D eigenvalue weighted by molar-refractivity contribution is 5.91. The summed E-state index contributed by atoms with van der Waals surface area (Å²) in [5.41, 5.74) is 1.85. The smallest absolute Gasteiger partial charge is 0.326 e. The second-order valence-electron chi connectivity index (χ2n) is 10.1. The lowest BCUT2D eigenvalue weighted by molar-refractivity contribution is -0.149. The van der Waals surface area contributed by atoms with Crippen LogP contribution in [0.25, 0.3) is 0 Å². The standard InChI is InChI=1S/C29H36N4O5/c34-26(19-22(17-20-9-3-1-4-10-20)31-27(35)23-13-7-15-30-23)32-24(18-21-11-5-2-6-12-21)28(36)33-16-8-14-25(33)29(37)38/h1-6,9-12,22-25,30H,7-8,13-19H2,(H,31,35)(H,32,34)(H,37,38). The van der Waals surface area contributed by atoms with Crippen LogP contribution in [-0.2, 0) is 32.0 Å². The summed E-state index contributed by atoms with van der Waals surface area (Å²) in [5.74, 6) is -1.93. The molecule has 202 valence electrons. The molecule has 0 aliphatic carbocycles. The molecule has 4 rings (SSSR count). The van der Waals surface area contributed by atoms with Crippen molar-refractivity contribution in [1.82, 2.24) is 20.9 Å². The first kappa shape index (κ1) is 27.3. The molecule has 0 bridgehead atoms. The van der Waals surface area contributed by atoms with Gasteiger partial charge in [-0.1, -0.05) is 60.7 Å². The van der Waals surface area contributed by atoms with Gasteiger partial charge in [0.15, 0.2) is 0 Å². The fraction of sp³-hybridized carbons (Fsp3) is 0.448. The zero-order valence-corrected chi connectivity index (χ0v) is 21.5. The zero-order valence-electron chi connectivity index (χ0n) is 21.5. The van der Waals surface area contributed by atoms with E-state index in [0.717, 1.165) is 30.5 Å². The Morgan fingerprint density at radius 3 is 2.16 bits per heavy atom. The number of benzene rings is 2. The van der Waals surface area contributed by atoms with Gasteiger partial charge in [-0.05, 0) is 49.8 Å². The molecule has 3 amide bonds. The third-order valence-electron chi connectivity index (χ3n) is 7.22. The van der Waals surface area contributed by atoms with Gasteiger partial charge in [-0.3, -0.25) is 14.4 Å². The van der Waals surface area contributed by atoms with Gasteiger partial charge in [0.2, 0.25) is 17.7 Å². The maximum Gasteiger partial charge on any atom is 0.326 e. The van der Waals surface area contributed by atoms with Crippen molar-refractivity contribution in [2.45, 2.75) is 69.1 Å². The minimum Gasteiger partial charge on any atom is -0.480 e. The Hall–Kier alpha value is -3.72. The lowest BCUT2D eigenvalue weighted by atomic mass is 10.0. The molecule has 2 aliphatic rings. The molecular weight excluding hydrogens is 484 g/mol. The van der Waals surface area contributed by atoms with Crippen LogP contribution in [-0.4, -0.2) is 71.0 Å². The van der Waals surface area contributed by atoms with Gasteiger partial charge < -0.3 is 26.0 Å². The van der Waals surface area contributed by atoms with E-state index >= 15 is 0 Å². The summed E-state index contributed by atoms with van der Waals surface area (Å²) in [6.07, 6.45) is 3.40. The van der Waals surface area contributed by atoms with Crippen molar-refractivity contribution in [2.75, 3.05) is 13.1 Å². The van der Waals surface area contributed by atoms with Crippen molar-refractivity contribution in [2.24, 2.45) is 0 Å². The lowest BCUT2D eigenvalue weighted by Gasteiger charge is -2.28. The van der Waals surface area contributed by atoms with E-state index in [0.29, 0.717) is 25.8 Å². The molecule has 0 spiro atoms. The Morgan fingerprint density at radius 1 is 0.895 bits per heavy atom. The molecule has 0 radical (unpaired) electrons. The van der Waals surface area contributed by atoms with Crippen LogP contribution in [0.3, 0.4) is 0 Å². The molecule has 4 atom stereocenters. The van der Waals surface area contributed by atoms with E-state index in [-0.39, 0.29) is 30.7 Å². The van der Waals surface area contributed by atoms with E-state index in [1.165, 1.54) is 4.90 Å². The predicted octanol–water partition coefficient (Wildman–Crippen LogP) is 1.66. The van der Waals surface area contributed by atoms with Gasteiger partial charge in [0.25, 0.3) is 0 Å². The highest BCUT2D eigenvalue weighted by Crippen LogP contribution is 2.20. The maximum absolute atomic E-state index is 13.5. The van der Waals surface area contributed by atoms with Crippen molar-refractivity contribution in [3.05, 3.63) is 71.8 Å². The van der Waals surface area contributed by atoms with Crippen molar-refractivity contribution >= 4 is 23.7 Å². The number of aliphatic carboxylic acids is 1. The SMILES string of the molecule is O=C(CC(Cc1ccccc1)NC(=O)C1CCCN1)NC(Cc1ccccc1)C(=O)N1CCCC1C(=O)O. The first-order chi connectivity index (χ1) is 18.4. The lowest BCUT2D eigenvalue weighted by Crippen LogP contribution is -2.54. The number of carboxylic acids is 1. The molecule has 2 saturated heterocycles. The van der Waals surface area contributed by atoms with E-state index in [4.69, 9.17) is 0 Å². The van der Waals surface area contributed by atoms with Gasteiger partial charge in [0, 0.05) is 25.4 Å². The van der Waals surface area contributed by atoms with E-state index in [2.05, 4.69) is 16.0 Å². The van der Waals surface area contributed by atoms with E-state index in [1.807, 2.05) is 60.7 Å². The minimum atomic E-state index is -1.04. The summed E-state index contributed by atoms with van der Waals surface area (Å²) >= 11 is 0. The molecule has 38 heavy (non-hydrogen) atoms. The average Bonchev–Trinajstić information content (AvgIpc) is 3.62. The van der Waals surface area contributed by atoms with Gasteiger partial charge in [-0.25, -0.2) is 4.79 Å². The first-order valence-corrected chi connectivity index (χ1v) is 13.3. The van der Waals surface area contributed by atoms with Crippen LogP contribution >= 0.6 is 0 Å². The number of hydrogen-bond acceptors (Lipinski definition) is 5. The second kappa shape index (κ2) is 13.2. The van der Waals surface area contributed by atoms with E-state index in [1.54, 1.807) is 0 Å². The Kier molecular flexibility index (Phi) is 9.48. The number of likely N-dealkylation sites (tertiary alicyclic amines) is 1. The van der Waals surface area contributed by atoms with Crippen LogP contribution in [0.4, 0.5) is 0 Å². The van der Waals surface area contributed by atoms with E-state index in [9.17, 15) is 24.3 Å². The summed E-state index contributed by atoms with van der Waals surface area (Å²) in [4.78, 5) is 52.8. The molecule has 4 N–H and O–H groups in total. The molecule has 2 fully saturated rings. The van der Waals surface area contributed by atoms with Crippen molar-refractivity contribution in [3.8, 4) is 0 Å². The molecule has 9 heteroatoms. The Bertz CT molecular complexity index is 1100. The first-order valence-electron chi connectivity index (χ1n) is 13.3. The van der Waals surface area contributed by atoms with Gasteiger partial charge in [-0.2, -0.15) is 0 Å². The third-order valence-corrected chi connectivity index (χ3v) is 7.22. The van der Waals surface area contributed by atoms with Crippen LogP contribution in [0.1, 0.15) is 43.2 Å². The monoisotopic (exact) mass is 520 g/mol. The topological polar surface area (TPSA) is 128 Å². The molecule has 9 nitrogen and oxygen atoms in total. The van der Waals surface area contributed by atoms with Gasteiger partial charge >= 0.3 is 5.97 Å². The van der Waals surface area contributed by atoms with Crippen LogP contribution < -0.4 is 16.0 Å². The fourth-order valence-electron chi connectivity index (χ4n) is 5.30. The largest absolute Gasteiger partial charge is 0.480 e. The van der Waals surface area contributed by atoms with Gasteiger partial charge in [0.05, 0.1) is 6.04 Å².